The molecule has 0 heterocycles. The van der Waals surface area contributed by atoms with Crippen molar-refractivity contribution in [3.8, 4) is 0 Å². The molecule has 0 radical (unpaired) electrons. The fourth-order valence-electron chi connectivity index (χ4n) is 2.20. The molecule has 0 bridgehead atoms. The Labute approximate surface area is 153 Å². The van der Waals surface area contributed by atoms with E-state index in [-0.39, 0.29) is 5.91 Å². The number of hydrogen-bond acceptors (Lipinski definition) is 5. The van der Waals surface area contributed by atoms with E-state index in [0.717, 1.165) is 6.07 Å². The summed E-state index contributed by atoms with van der Waals surface area (Å²) in [6.45, 7) is 0.956. The van der Waals surface area contributed by atoms with Gasteiger partial charge in [0.15, 0.2) is 0 Å². The third-order valence-electron chi connectivity index (χ3n) is 3.55. The van der Waals surface area contributed by atoms with Crippen molar-refractivity contribution >= 4 is 27.7 Å². The Kier molecular flexibility index (Phi) is 9.41. The van der Waals surface area contributed by atoms with Gasteiger partial charge in [0.2, 0.25) is 15.9 Å². The lowest BCUT2D eigenvalue weighted by molar-refractivity contribution is -0.131. The highest BCUT2D eigenvalue weighted by molar-refractivity contribution is 7.98. The van der Waals surface area contributed by atoms with Crippen LogP contribution >= 0.6 is 11.8 Å². The summed E-state index contributed by atoms with van der Waals surface area (Å²) in [7, 11) is -0.943. The van der Waals surface area contributed by atoms with E-state index in [1.165, 1.54) is 34.9 Å². The molecule has 0 aliphatic rings. The Hall–Kier alpha value is -1.16. The molecule has 142 valence electrons. The van der Waals surface area contributed by atoms with E-state index in [0.29, 0.717) is 31.7 Å². The number of nitrogens with zero attached hydrogens (tertiary/aromatic N) is 1. The van der Waals surface area contributed by atoms with E-state index in [4.69, 9.17) is 4.74 Å². The summed E-state index contributed by atoms with van der Waals surface area (Å²) < 4.78 is 46.1. The average molecular weight is 393 g/mol. The second kappa shape index (κ2) is 10.7. The largest absolute Gasteiger partial charge is 0.385 e. The van der Waals surface area contributed by atoms with Crippen molar-refractivity contribution in [2.45, 2.75) is 23.8 Å². The molecule has 0 saturated carbocycles. The van der Waals surface area contributed by atoms with Crippen molar-refractivity contribution in [3.05, 3.63) is 30.1 Å². The maximum atomic E-state index is 13.8. The van der Waals surface area contributed by atoms with Crippen LogP contribution in [-0.4, -0.2) is 64.6 Å². The smallest absolute Gasteiger partial charge is 0.244 e. The minimum Gasteiger partial charge on any atom is -0.385 e. The fourth-order valence-corrected chi connectivity index (χ4v) is 3.98. The van der Waals surface area contributed by atoms with Gasteiger partial charge in [-0.3, -0.25) is 4.79 Å². The van der Waals surface area contributed by atoms with E-state index >= 15 is 0 Å². The number of thioether (sulfide) groups is 1. The zero-order valence-electron chi connectivity index (χ0n) is 14.7. The number of carbonyl (C=O) groups is 1. The molecule has 1 aromatic rings. The van der Waals surface area contributed by atoms with Gasteiger partial charge in [0.1, 0.15) is 16.8 Å². The maximum absolute atomic E-state index is 13.8. The second-order valence-electron chi connectivity index (χ2n) is 5.49. The minimum atomic E-state index is -4.13. The molecule has 1 amide bonds. The number of halogens is 1. The standard InChI is InChI=1S/C16H25FN2O4S2/c1-19(10-6-11-23-2)16(20)14(9-12-24-3)18-25(21,22)15-8-5-4-7-13(15)17/h4-5,7-8,14,18H,6,9-12H2,1-3H3. The van der Waals surface area contributed by atoms with E-state index in [9.17, 15) is 17.6 Å². The summed E-state index contributed by atoms with van der Waals surface area (Å²) >= 11 is 1.51. The predicted molar refractivity (Wildman–Crippen MR) is 97.6 cm³/mol. The zero-order valence-corrected chi connectivity index (χ0v) is 16.3. The highest BCUT2D eigenvalue weighted by Crippen LogP contribution is 2.15. The monoisotopic (exact) mass is 392 g/mol. The highest BCUT2D eigenvalue weighted by Gasteiger charge is 2.28. The van der Waals surface area contributed by atoms with Crippen LogP contribution in [-0.2, 0) is 19.6 Å². The number of benzene rings is 1. The average Bonchev–Trinajstić information content (AvgIpc) is 2.58. The first-order valence-electron chi connectivity index (χ1n) is 7.83. The molecule has 1 unspecified atom stereocenters. The molecule has 0 fully saturated rings. The van der Waals surface area contributed by atoms with Crippen molar-refractivity contribution in [3.63, 3.8) is 0 Å². The molecule has 1 N–H and O–H groups in total. The van der Waals surface area contributed by atoms with Crippen molar-refractivity contribution in [2.75, 3.05) is 39.3 Å². The molecule has 1 rings (SSSR count). The van der Waals surface area contributed by atoms with Crippen molar-refractivity contribution in [2.24, 2.45) is 0 Å². The van der Waals surface area contributed by atoms with E-state index in [1.54, 1.807) is 14.2 Å². The van der Waals surface area contributed by atoms with Crippen LogP contribution in [0.25, 0.3) is 0 Å². The number of methoxy groups -OCH3 is 1. The Morgan fingerprint density at radius 1 is 1.40 bits per heavy atom. The Morgan fingerprint density at radius 2 is 2.08 bits per heavy atom. The summed E-state index contributed by atoms with van der Waals surface area (Å²) in [6, 6.07) is 4.16. The number of ether oxygens (including phenoxy) is 1. The molecule has 9 heteroatoms. The van der Waals surface area contributed by atoms with E-state index in [1.807, 2.05) is 6.26 Å². The minimum absolute atomic E-state index is 0.322. The molecular formula is C16H25FN2O4S2. The van der Waals surface area contributed by atoms with Crippen LogP contribution in [0.2, 0.25) is 0 Å². The molecule has 1 atom stereocenters. The quantitative estimate of drug-likeness (QED) is 0.581. The Bertz CT molecular complexity index is 655. The summed E-state index contributed by atoms with van der Waals surface area (Å²) in [5.41, 5.74) is 0. The van der Waals surface area contributed by atoms with Crippen LogP contribution in [0.1, 0.15) is 12.8 Å². The van der Waals surface area contributed by atoms with Gasteiger partial charge < -0.3 is 9.64 Å². The van der Waals surface area contributed by atoms with Crippen LogP contribution < -0.4 is 4.72 Å². The van der Waals surface area contributed by atoms with E-state index < -0.39 is 26.8 Å². The molecule has 0 spiro atoms. The first-order valence-corrected chi connectivity index (χ1v) is 10.7. The van der Waals surface area contributed by atoms with Crippen LogP contribution in [0.4, 0.5) is 4.39 Å². The van der Waals surface area contributed by atoms with Crippen molar-refractivity contribution in [1.29, 1.82) is 0 Å². The van der Waals surface area contributed by atoms with Gasteiger partial charge in [0.05, 0.1) is 0 Å². The van der Waals surface area contributed by atoms with Gasteiger partial charge in [-0.05, 0) is 37.0 Å². The van der Waals surface area contributed by atoms with Crippen LogP contribution in [0.15, 0.2) is 29.2 Å². The van der Waals surface area contributed by atoms with Gasteiger partial charge in [0.25, 0.3) is 0 Å². The van der Waals surface area contributed by atoms with Gasteiger partial charge in [-0.1, -0.05) is 12.1 Å². The Morgan fingerprint density at radius 3 is 2.68 bits per heavy atom. The first-order chi connectivity index (χ1) is 11.8. The summed E-state index contributed by atoms with van der Waals surface area (Å²) in [6.07, 6.45) is 2.84. The van der Waals surface area contributed by atoms with Gasteiger partial charge in [0, 0.05) is 27.3 Å². The second-order valence-corrected chi connectivity index (χ2v) is 8.16. The molecule has 6 nitrogen and oxygen atoms in total. The lowest BCUT2D eigenvalue weighted by Crippen LogP contribution is -2.48. The van der Waals surface area contributed by atoms with Crippen LogP contribution in [0.5, 0.6) is 0 Å². The molecule has 0 aliphatic heterocycles. The number of nitrogens with one attached hydrogen (secondary N) is 1. The number of likely N-dealkylation sites (N-methyl/N-ethyl adjacent to an activating group) is 1. The molecular weight excluding hydrogens is 367 g/mol. The number of hydrogen-bond donors (Lipinski definition) is 1. The number of carbonyl (C=O) groups excluding carboxylic acids is 1. The normalized spacial score (nSPS) is 12.8. The molecule has 0 saturated heterocycles. The third-order valence-corrected chi connectivity index (χ3v) is 5.70. The zero-order chi connectivity index (χ0) is 18.9. The Balaban J connectivity index is 2.91. The van der Waals surface area contributed by atoms with Gasteiger partial charge in [-0.15, -0.1) is 0 Å². The molecule has 0 aromatic heterocycles. The SMILES string of the molecule is COCCCN(C)C(=O)C(CCSC)NS(=O)(=O)c1ccccc1F. The first kappa shape index (κ1) is 21.9. The van der Waals surface area contributed by atoms with Gasteiger partial charge in [-0.2, -0.15) is 16.5 Å². The molecule has 1 aromatic carbocycles. The summed E-state index contributed by atoms with van der Waals surface area (Å²) in [4.78, 5) is 13.6. The van der Waals surface area contributed by atoms with Gasteiger partial charge in [-0.25, -0.2) is 12.8 Å². The lowest BCUT2D eigenvalue weighted by atomic mass is 10.2. The van der Waals surface area contributed by atoms with Gasteiger partial charge >= 0.3 is 0 Å². The highest BCUT2D eigenvalue weighted by atomic mass is 32.2. The number of amides is 1. The summed E-state index contributed by atoms with van der Waals surface area (Å²) in [5, 5.41) is 0. The number of rotatable bonds is 11. The summed E-state index contributed by atoms with van der Waals surface area (Å²) in [5.74, 6) is -0.591. The molecule has 25 heavy (non-hydrogen) atoms. The lowest BCUT2D eigenvalue weighted by Gasteiger charge is -2.24. The van der Waals surface area contributed by atoms with Crippen molar-refractivity contribution in [1.82, 2.24) is 9.62 Å². The van der Waals surface area contributed by atoms with E-state index in [2.05, 4.69) is 4.72 Å². The van der Waals surface area contributed by atoms with Crippen LogP contribution in [0.3, 0.4) is 0 Å². The van der Waals surface area contributed by atoms with Crippen molar-refractivity contribution < 1.29 is 22.3 Å². The van der Waals surface area contributed by atoms with Crippen LogP contribution in [0, 0.1) is 5.82 Å². The predicted octanol–water partition coefficient (Wildman–Crippen LogP) is 1.72. The number of sulfonamides is 1. The third kappa shape index (κ3) is 6.93. The maximum Gasteiger partial charge on any atom is 0.244 e. The fraction of sp³-hybridized carbons (Fsp3) is 0.562. The molecule has 0 aliphatic carbocycles. The topological polar surface area (TPSA) is 75.7 Å².